The average molecular weight is 482 g/mol. The number of para-hydroxylation sites is 1. The Labute approximate surface area is 210 Å². The summed E-state index contributed by atoms with van der Waals surface area (Å²) in [6.07, 6.45) is 9.72. The summed E-state index contributed by atoms with van der Waals surface area (Å²) in [5, 5.41) is 12.4. The summed E-state index contributed by atoms with van der Waals surface area (Å²) in [5.74, 6) is 0.760. The number of aromatic nitrogens is 4. The number of rotatable bonds is 6. The van der Waals surface area contributed by atoms with Crippen molar-refractivity contribution < 1.29 is 4.79 Å². The van der Waals surface area contributed by atoms with Crippen LogP contribution in [-0.4, -0.2) is 50.8 Å². The van der Waals surface area contributed by atoms with Crippen molar-refractivity contribution >= 4 is 28.4 Å². The summed E-state index contributed by atoms with van der Waals surface area (Å²) < 4.78 is 2.04. The molecule has 0 unspecified atom stereocenters. The van der Waals surface area contributed by atoms with Gasteiger partial charge in [0, 0.05) is 61.1 Å². The molecule has 36 heavy (non-hydrogen) atoms. The fourth-order valence-corrected chi connectivity index (χ4v) is 5.31. The number of hydrogen-bond donors (Lipinski definition) is 2. The van der Waals surface area contributed by atoms with Crippen LogP contribution in [0, 0.1) is 0 Å². The van der Waals surface area contributed by atoms with Crippen molar-refractivity contribution in [3.05, 3.63) is 67.1 Å². The standard InChI is InChI=1S/C28H31N7O/c1-19(36)35(24-10-6-20(7-11-24)22-15-31-34(18-22)26-16-29-17-26)25-12-8-23(9-13-25)32-28-30-14-21-4-2-3-5-27(21)33-28/h2-7,10-11,14-15,18,23,25-26,29H,8-9,12-13,16-17H2,1H3,(H,30,32,33). The molecule has 2 aromatic heterocycles. The van der Waals surface area contributed by atoms with Crippen LogP contribution < -0.4 is 15.5 Å². The second-order valence-corrected chi connectivity index (χ2v) is 9.86. The predicted molar refractivity (Wildman–Crippen MR) is 142 cm³/mol. The smallest absolute Gasteiger partial charge is 0.224 e. The zero-order valence-corrected chi connectivity index (χ0v) is 20.5. The first kappa shape index (κ1) is 22.7. The molecular formula is C28H31N7O. The number of benzene rings is 2. The van der Waals surface area contributed by atoms with Crippen molar-refractivity contribution in [2.24, 2.45) is 0 Å². The van der Waals surface area contributed by atoms with Crippen molar-refractivity contribution in [3.63, 3.8) is 0 Å². The van der Waals surface area contributed by atoms with Crippen LogP contribution in [0.25, 0.3) is 22.0 Å². The molecule has 1 amide bonds. The van der Waals surface area contributed by atoms with Crippen LogP contribution in [0.3, 0.4) is 0 Å². The molecule has 8 heteroatoms. The van der Waals surface area contributed by atoms with Gasteiger partial charge in [-0.1, -0.05) is 30.3 Å². The van der Waals surface area contributed by atoms with Crippen molar-refractivity contribution in [1.82, 2.24) is 25.1 Å². The lowest BCUT2D eigenvalue weighted by Crippen LogP contribution is -2.43. The highest BCUT2D eigenvalue weighted by atomic mass is 16.2. The highest BCUT2D eigenvalue weighted by Gasteiger charge is 2.29. The largest absolute Gasteiger partial charge is 0.351 e. The van der Waals surface area contributed by atoms with Crippen LogP contribution in [0.1, 0.15) is 38.6 Å². The van der Waals surface area contributed by atoms with Crippen molar-refractivity contribution in [2.75, 3.05) is 23.3 Å². The number of carbonyl (C=O) groups excluding carboxylic acids is 1. The zero-order chi connectivity index (χ0) is 24.5. The van der Waals surface area contributed by atoms with Gasteiger partial charge in [-0.15, -0.1) is 0 Å². The van der Waals surface area contributed by atoms with E-state index in [-0.39, 0.29) is 11.9 Å². The summed E-state index contributed by atoms with van der Waals surface area (Å²) in [6, 6.07) is 17.3. The Morgan fingerprint density at radius 2 is 1.78 bits per heavy atom. The molecule has 1 saturated carbocycles. The molecule has 4 aromatic rings. The Morgan fingerprint density at radius 1 is 1.00 bits per heavy atom. The molecule has 0 spiro atoms. The minimum Gasteiger partial charge on any atom is -0.351 e. The van der Waals surface area contributed by atoms with E-state index in [4.69, 9.17) is 0 Å². The zero-order valence-electron chi connectivity index (χ0n) is 20.5. The van der Waals surface area contributed by atoms with E-state index >= 15 is 0 Å². The van der Waals surface area contributed by atoms with Gasteiger partial charge in [0.25, 0.3) is 0 Å². The molecular weight excluding hydrogens is 450 g/mol. The van der Waals surface area contributed by atoms with Crippen molar-refractivity contribution in [1.29, 1.82) is 0 Å². The van der Waals surface area contributed by atoms with E-state index < -0.39 is 0 Å². The third-order valence-electron chi connectivity index (χ3n) is 7.44. The molecule has 6 rings (SSSR count). The third kappa shape index (κ3) is 4.56. The minimum absolute atomic E-state index is 0.0855. The fraction of sp³-hybridized carbons (Fsp3) is 0.357. The fourth-order valence-electron chi connectivity index (χ4n) is 5.31. The number of nitrogens with one attached hydrogen (secondary N) is 2. The van der Waals surface area contributed by atoms with Gasteiger partial charge in [-0.2, -0.15) is 5.10 Å². The summed E-state index contributed by atoms with van der Waals surface area (Å²) in [4.78, 5) is 23.8. The van der Waals surface area contributed by atoms with Crippen molar-refractivity contribution in [3.8, 4) is 11.1 Å². The molecule has 2 aliphatic rings. The van der Waals surface area contributed by atoms with E-state index in [1.807, 2.05) is 46.2 Å². The first-order valence-corrected chi connectivity index (χ1v) is 12.8. The highest BCUT2D eigenvalue weighted by molar-refractivity contribution is 5.92. The first-order chi connectivity index (χ1) is 17.6. The summed E-state index contributed by atoms with van der Waals surface area (Å²) in [6.45, 7) is 3.61. The van der Waals surface area contributed by atoms with Gasteiger partial charge in [0.2, 0.25) is 11.9 Å². The summed E-state index contributed by atoms with van der Waals surface area (Å²) in [5.41, 5.74) is 4.12. The number of carbonyl (C=O) groups is 1. The van der Waals surface area contributed by atoms with Gasteiger partial charge >= 0.3 is 0 Å². The Balaban J connectivity index is 1.10. The number of amides is 1. The second kappa shape index (κ2) is 9.70. The highest BCUT2D eigenvalue weighted by Crippen LogP contribution is 2.31. The number of nitrogens with zero attached hydrogens (tertiary/aromatic N) is 5. The molecule has 184 valence electrons. The SMILES string of the molecule is CC(=O)N(c1ccc(-c2cnn(C3CNC3)c2)cc1)C1CCC(Nc2ncc3ccccc3n2)CC1. The van der Waals surface area contributed by atoms with Gasteiger partial charge in [-0.25, -0.2) is 9.97 Å². The molecule has 2 N–H and O–H groups in total. The van der Waals surface area contributed by atoms with Crippen LogP contribution >= 0.6 is 0 Å². The number of anilines is 2. The molecule has 2 fully saturated rings. The lowest BCUT2D eigenvalue weighted by Gasteiger charge is -2.36. The third-order valence-corrected chi connectivity index (χ3v) is 7.44. The Hall–Kier alpha value is -3.78. The molecule has 8 nitrogen and oxygen atoms in total. The molecule has 0 radical (unpaired) electrons. The van der Waals surface area contributed by atoms with Gasteiger partial charge < -0.3 is 15.5 Å². The molecule has 0 atom stereocenters. The van der Waals surface area contributed by atoms with E-state index in [0.29, 0.717) is 18.0 Å². The molecule has 1 aliphatic heterocycles. The van der Waals surface area contributed by atoms with E-state index in [1.165, 1.54) is 0 Å². The van der Waals surface area contributed by atoms with E-state index in [1.54, 1.807) is 6.92 Å². The quantitative estimate of drug-likeness (QED) is 0.424. The van der Waals surface area contributed by atoms with Crippen LogP contribution in [0.15, 0.2) is 67.1 Å². The van der Waals surface area contributed by atoms with Gasteiger partial charge in [0.05, 0.1) is 17.8 Å². The first-order valence-electron chi connectivity index (χ1n) is 12.8. The normalized spacial score (nSPS) is 20.1. The van der Waals surface area contributed by atoms with Crippen LogP contribution in [0.2, 0.25) is 0 Å². The minimum atomic E-state index is 0.0855. The lowest BCUT2D eigenvalue weighted by atomic mass is 9.89. The maximum absolute atomic E-state index is 12.7. The van der Waals surface area contributed by atoms with Gasteiger partial charge in [-0.3, -0.25) is 9.48 Å². The predicted octanol–water partition coefficient (Wildman–Crippen LogP) is 4.41. The molecule has 0 bridgehead atoms. The van der Waals surface area contributed by atoms with Crippen LogP contribution in [0.4, 0.5) is 11.6 Å². The Morgan fingerprint density at radius 3 is 2.50 bits per heavy atom. The van der Waals surface area contributed by atoms with E-state index in [2.05, 4.69) is 56.2 Å². The van der Waals surface area contributed by atoms with Gasteiger partial charge in [0.15, 0.2) is 0 Å². The summed E-state index contributed by atoms with van der Waals surface area (Å²) >= 11 is 0. The van der Waals surface area contributed by atoms with Gasteiger partial charge in [-0.05, 0) is 49.4 Å². The van der Waals surface area contributed by atoms with Gasteiger partial charge in [0.1, 0.15) is 0 Å². The summed E-state index contributed by atoms with van der Waals surface area (Å²) in [7, 11) is 0. The maximum atomic E-state index is 12.7. The Bertz CT molecular complexity index is 1350. The Kier molecular flexibility index (Phi) is 6.11. The van der Waals surface area contributed by atoms with Crippen LogP contribution in [0.5, 0.6) is 0 Å². The maximum Gasteiger partial charge on any atom is 0.224 e. The molecule has 1 saturated heterocycles. The number of hydrogen-bond acceptors (Lipinski definition) is 6. The number of fused-ring (bicyclic) bond motifs is 1. The average Bonchev–Trinajstić information content (AvgIpc) is 3.34. The second-order valence-electron chi connectivity index (χ2n) is 9.86. The topological polar surface area (TPSA) is 88.0 Å². The van der Waals surface area contributed by atoms with E-state index in [9.17, 15) is 4.79 Å². The molecule has 2 aromatic carbocycles. The monoisotopic (exact) mass is 481 g/mol. The van der Waals surface area contributed by atoms with Crippen molar-refractivity contribution in [2.45, 2.75) is 50.7 Å². The molecule has 1 aliphatic carbocycles. The lowest BCUT2D eigenvalue weighted by molar-refractivity contribution is -0.117. The van der Waals surface area contributed by atoms with Crippen LogP contribution in [-0.2, 0) is 4.79 Å². The molecule has 3 heterocycles. The van der Waals surface area contributed by atoms with E-state index in [0.717, 1.165) is 66.5 Å².